The quantitative estimate of drug-likeness (QED) is 0.849. The first-order valence-corrected chi connectivity index (χ1v) is 6.79. The van der Waals surface area contributed by atoms with Crippen LogP contribution in [0.4, 0.5) is 11.5 Å². The summed E-state index contributed by atoms with van der Waals surface area (Å²) >= 11 is 5.14. The summed E-state index contributed by atoms with van der Waals surface area (Å²) in [5.41, 5.74) is 11.7. The van der Waals surface area contributed by atoms with Gasteiger partial charge in [-0.25, -0.2) is 0 Å². The Hall–Kier alpha value is -2.01. The summed E-state index contributed by atoms with van der Waals surface area (Å²) in [5.74, 6) is 0.606. The maximum Gasteiger partial charge on any atom is 0.163 e. The molecular formula is C15H18N4S. The van der Waals surface area contributed by atoms with E-state index in [4.69, 9.17) is 18.0 Å². The Morgan fingerprint density at radius 3 is 2.50 bits per heavy atom. The normalized spacial score (nSPS) is 10.4. The highest BCUT2D eigenvalue weighted by Crippen LogP contribution is 2.25. The summed E-state index contributed by atoms with van der Waals surface area (Å²) in [4.78, 5) is 0.327. The fourth-order valence-corrected chi connectivity index (χ4v) is 2.25. The molecule has 2 aromatic rings. The average molecular weight is 286 g/mol. The lowest BCUT2D eigenvalue weighted by molar-refractivity contribution is 0.962. The Balaban J connectivity index is 2.51. The fraction of sp³-hybridized carbons (Fsp3) is 0.267. The van der Waals surface area contributed by atoms with Gasteiger partial charge in [-0.15, -0.1) is 5.10 Å². The van der Waals surface area contributed by atoms with Gasteiger partial charge in [0.05, 0.1) is 11.3 Å². The van der Waals surface area contributed by atoms with Gasteiger partial charge < -0.3 is 11.1 Å². The SMILES string of the molecule is Cc1ccc(C)c(Nc2nnc(C)c(C)c2C(N)=S)c1. The second-order valence-electron chi connectivity index (χ2n) is 4.94. The van der Waals surface area contributed by atoms with Crippen molar-refractivity contribution >= 4 is 28.7 Å². The Morgan fingerprint density at radius 2 is 1.85 bits per heavy atom. The van der Waals surface area contributed by atoms with E-state index >= 15 is 0 Å². The lowest BCUT2D eigenvalue weighted by Crippen LogP contribution is -2.17. The molecule has 0 radical (unpaired) electrons. The minimum atomic E-state index is 0.327. The zero-order valence-corrected chi connectivity index (χ0v) is 12.9. The molecule has 0 saturated carbocycles. The Morgan fingerprint density at radius 1 is 1.15 bits per heavy atom. The van der Waals surface area contributed by atoms with Gasteiger partial charge in [-0.05, 0) is 50.5 Å². The van der Waals surface area contributed by atoms with Crippen molar-refractivity contribution in [1.29, 1.82) is 0 Å². The van der Waals surface area contributed by atoms with Gasteiger partial charge in [0.15, 0.2) is 5.82 Å². The standard InChI is InChI=1S/C15H18N4S/c1-8-5-6-9(2)12(7-8)17-15-13(14(16)20)10(3)11(4)18-19-15/h5-7H,1-4H3,(H2,16,20)(H,17,19). The van der Waals surface area contributed by atoms with Crippen molar-refractivity contribution in [1.82, 2.24) is 10.2 Å². The molecule has 1 aromatic heterocycles. The van der Waals surface area contributed by atoms with Crippen LogP contribution in [0.25, 0.3) is 0 Å². The molecule has 0 fully saturated rings. The lowest BCUT2D eigenvalue weighted by Gasteiger charge is -2.15. The zero-order valence-electron chi connectivity index (χ0n) is 12.1. The summed E-state index contributed by atoms with van der Waals surface area (Å²) in [6, 6.07) is 6.20. The highest BCUT2D eigenvalue weighted by atomic mass is 32.1. The number of hydrogen-bond donors (Lipinski definition) is 2. The summed E-state index contributed by atoms with van der Waals surface area (Å²) < 4.78 is 0. The number of anilines is 2. The third-order valence-electron chi connectivity index (χ3n) is 3.35. The van der Waals surface area contributed by atoms with Crippen molar-refractivity contribution in [2.75, 3.05) is 5.32 Å². The van der Waals surface area contributed by atoms with E-state index in [1.807, 2.05) is 27.7 Å². The van der Waals surface area contributed by atoms with Gasteiger partial charge in [0.1, 0.15) is 4.99 Å². The summed E-state index contributed by atoms with van der Waals surface area (Å²) in [6.45, 7) is 7.93. The first-order valence-electron chi connectivity index (χ1n) is 6.38. The minimum absolute atomic E-state index is 0.327. The number of nitrogens with one attached hydrogen (secondary N) is 1. The van der Waals surface area contributed by atoms with Crippen LogP contribution in [-0.4, -0.2) is 15.2 Å². The molecule has 20 heavy (non-hydrogen) atoms. The minimum Gasteiger partial charge on any atom is -0.389 e. The number of benzene rings is 1. The maximum absolute atomic E-state index is 5.83. The highest BCUT2D eigenvalue weighted by Gasteiger charge is 2.14. The third-order valence-corrected chi connectivity index (χ3v) is 3.55. The molecule has 0 saturated heterocycles. The van der Waals surface area contributed by atoms with Crippen LogP contribution in [0.2, 0.25) is 0 Å². The number of hydrogen-bond acceptors (Lipinski definition) is 4. The Labute approximate surface area is 124 Å². The molecule has 4 nitrogen and oxygen atoms in total. The van der Waals surface area contributed by atoms with E-state index in [0.717, 1.165) is 28.1 Å². The molecule has 0 spiro atoms. The monoisotopic (exact) mass is 286 g/mol. The van der Waals surface area contributed by atoms with Crippen molar-refractivity contribution in [3.8, 4) is 0 Å². The molecule has 1 aromatic carbocycles. The molecule has 3 N–H and O–H groups in total. The van der Waals surface area contributed by atoms with E-state index in [1.54, 1.807) is 0 Å². The Bertz CT molecular complexity index is 680. The van der Waals surface area contributed by atoms with Crippen molar-refractivity contribution in [3.05, 3.63) is 46.1 Å². The number of thiocarbonyl (C=S) groups is 1. The van der Waals surface area contributed by atoms with Gasteiger partial charge in [0, 0.05) is 5.69 Å². The van der Waals surface area contributed by atoms with E-state index in [1.165, 1.54) is 5.56 Å². The van der Waals surface area contributed by atoms with Crippen LogP contribution in [0.5, 0.6) is 0 Å². The molecule has 0 atom stereocenters. The van der Waals surface area contributed by atoms with Crippen LogP contribution >= 0.6 is 12.2 Å². The molecule has 0 aliphatic heterocycles. The summed E-state index contributed by atoms with van der Waals surface area (Å²) in [7, 11) is 0. The van der Waals surface area contributed by atoms with E-state index in [0.29, 0.717) is 10.8 Å². The molecule has 104 valence electrons. The van der Waals surface area contributed by atoms with Crippen molar-refractivity contribution < 1.29 is 0 Å². The molecule has 1 heterocycles. The van der Waals surface area contributed by atoms with Gasteiger partial charge in [-0.1, -0.05) is 24.4 Å². The number of nitrogens with two attached hydrogens (primary N) is 1. The molecule has 0 aliphatic rings. The fourth-order valence-electron chi connectivity index (χ4n) is 2.00. The predicted octanol–water partition coefficient (Wildman–Crippen LogP) is 3.09. The van der Waals surface area contributed by atoms with E-state index in [2.05, 4.69) is 33.7 Å². The van der Waals surface area contributed by atoms with E-state index in [-0.39, 0.29) is 0 Å². The topological polar surface area (TPSA) is 63.8 Å². The average Bonchev–Trinajstić information content (AvgIpc) is 2.38. The van der Waals surface area contributed by atoms with Gasteiger partial charge in [-0.2, -0.15) is 5.10 Å². The van der Waals surface area contributed by atoms with Crippen LogP contribution in [0.3, 0.4) is 0 Å². The number of rotatable bonds is 3. The van der Waals surface area contributed by atoms with Crippen LogP contribution in [0, 0.1) is 27.7 Å². The highest BCUT2D eigenvalue weighted by molar-refractivity contribution is 7.80. The molecule has 0 bridgehead atoms. The molecule has 0 amide bonds. The second-order valence-corrected chi connectivity index (χ2v) is 5.38. The first-order chi connectivity index (χ1) is 9.40. The number of nitrogens with zero attached hydrogens (tertiary/aromatic N) is 2. The predicted molar refractivity (Wildman–Crippen MR) is 86.6 cm³/mol. The van der Waals surface area contributed by atoms with Crippen LogP contribution in [-0.2, 0) is 0 Å². The van der Waals surface area contributed by atoms with Crippen LogP contribution in [0.1, 0.15) is 27.9 Å². The Kier molecular flexibility index (Phi) is 3.99. The van der Waals surface area contributed by atoms with Crippen LogP contribution in [0.15, 0.2) is 18.2 Å². The van der Waals surface area contributed by atoms with Crippen molar-refractivity contribution in [2.45, 2.75) is 27.7 Å². The van der Waals surface area contributed by atoms with E-state index in [9.17, 15) is 0 Å². The largest absolute Gasteiger partial charge is 0.389 e. The van der Waals surface area contributed by atoms with E-state index < -0.39 is 0 Å². The third kappa shape index (κ3) is 2.77. The molecule has 0 unspecified atom stereocenters. The van der Waals surface area contributed by atoms with Gasteiger partial charge in [0.25, 0.3) is 0 Å². The van der Waals surface area contributed by atoms with Crippen molar-refractivity contribution in [3.63, 3.8) is 0 Å². The smallest absolute Gasteiger partial charge is 0.163 e. The zero-order chi connectivity index (χ0) is 14.9. The maximum atomic E-state index is 5.83. The molecular weight excluding hydrogens is 268 g/mol. The lowest BCUT2D eigenvalue weighted by atomic mass is 10.1. The second kappa shape index (κ2) is 5.54. The summed E-state index contributed by atoms with van der Waals surface area (Å²) in [6.07, 6.45) is 0. The van der Waals surface area contributed by atoms with Gasteiger partial charge >= 0.3 is 0 Å². The number of aromatic nitrogens is 2. The summed E-state index contributed by atoms with van der Waals surface area (Å²) in [5, 5.41) is 11.6. The van der Waals surface area contributed by atoms with Crippen LogP contribution < -0.4 is 11.1 Å². The van der Waals surface area contributed by atoms with Gasteiger partial charge in [-0.3, -0.25) is 0 Å². The molecule has 5 heteroatoms. The van der Waals surface area contributed by atoms with Gasteiger partial charge in [0.2, 0.25) is 0 Å². The van der Waals surface area contributed by atoms with Crippen molar-refractivity contribution in [2.24, 2.45) is 5.73 Å². The molecule has 0 aliphatic carbocycles. The molecule has 2 rings (SSSR count). The number of aryl methyl sites for hydroxylation is 3. The first kappa shape index (κ1) is 14.4.